The Bertz CT molecular complexity index is 434. The zero-order valence-electron chi connectivity index (χ0n) is 8.35. The molecular weight excluding hydrogens is 216 g/mol. The predicted octanol–water partition coefficient (Wildman–Crippen LogP) is -2.14. The third-order valence-corrected chi connectivity index (χ3v) is 2.44. The summed E-state index contributed by atoms with van der Waals surface area (Å²) >= 11 is 0. The first-order chi connectivity index (χ1) is 7.61. The molecule has 88 valence electrons. The van der Waals surface area contributed by atoms with Crippen molar-refractivity contribution >= 4 is 5.95 Å². The van der Waals surface area contributed by atoms with Crippen molar-refractivity contribution < 1.29 is 14.9 Å². The average Bonchev–Trinajstić information content (AvgIpc) is 2.59. The van der Waals surface area contributed by atoms with Gasteiger partial charge in [-0.15, -0.1) is 0 Å². The lowest BCUT2D eigenvalue weighted by Gasteiger charge is -2.13. The Kier molecular flexibility index (Phi) is 2.86. The maximum Gasteiger partial charge on any atom is 0.354 e. The lowest BCUT2D eigenvalue weighted by atomic mass is 10.2. The molecule has 8 heteroatoms. The molecule has 1 fully saturated rings. The van der Waals surface area contributed by atoms with Gasteiger partial charge in [0, 0.05) is 6.42 Å². The van der Waals surface area contributed by atoms with Crippen molar-refractivity contribution in [2.45, 2.75) is 24.9 Å². The number of rotatable bonds is 2. The van der Waals surface area contributed by atoms with Gasteiger partial charge in [0.1, 0.15) is 18.7 Å². The van der Waals surface area contributed by atoms with E-state index in [1.807, 2.05) is 0 Å². The van der Waals surface area contributed by atoms with Crippen molar-refractivity contribution in [3.63, 3.8) is 0 Å². The molecule has 0 unspecified atom stereocenters. The molecule has 4 N–H and O–H groups in total. The molecule has 0 radical (unpaired) electrons. The molecule has 0 amide bonds. The van der Waals surface area contributed by atoms with Gasteiger partial charge in [0.15, 0.2) is 0 Å². The minimum absolute atomic E-state index is 0.112. The highest BCUT2D eigenvalue weighted by atomic mass is 16.5. The van der Waals surface area contributed by atoms with E-state index in [1.165, 1.54) is 6.33 Å². The summed E-state index contributed by atoms with van der Waals surface area (Å²) in [7, 11) is 0. The summed E-state index contributed by atoms with van der Waals surface area (Å²) in [5.74, 6) is -0.112. The van der Waals surface area contributed by atoms with E-state index in [-0.39, 0.29) is 19.0 Å². The number of aromatic nitrogens is 3. The summed E-state index contributed by atoms with van der Waals surface area (Å²) in [5, 5.41) is 18.4. The average molecular weight is 228 g/mol. The Labute approximate surface area is 90.3 Å². The summed E-state index contributed by atoms with van der Waals surface area (Å²) in [5.41, 5.74) is 4.65. The fourth-order valence-electron chi connectivity index (χ4n) is 1.60. The monoisotopic (exact) mass is 228 g/mol. The number of nitrogen functional groups attached to an aromatic ring is 1. The van der Waals surface area contributed by atoms with Crippen molar-refractivity contribution in [1.29, 1.82) is 0 Å². The molecule has 1 aromatic rings. The van der Waals surface area contributed by atoms with Crippen LogP contribution in [-0.2, 0) is 4.74 Å². The molecule has 0 spiro atoms. The molecule has 0 aliphatic carbocycles. The van der Waals surface area contributed by atoms with E-state index in [0.717, 1.165) is 4.57 Å². The first kappa shape index (κ1) is 11.0. The van der Waals surface area contributed by atoms with Gasteiger partial charge in [0.2, 0.25) is 5.95 Å². The highest BCUT2D eigenvalue weighted by Crippen LogP contribution is 2.26. The molecule has 8 nitrogen and oxygen atoms in total. The van der Waals surface area contributed by atoms with Crippen LogP contribution in [0.3, 0.4) is 0 Å². The number of aliphatic hydroxyl groups is 2. The van der Waals surface area contributed by atoms with Crippen LogP contribution in [0.4, 0.5) is 5.95 Å². The van der Waals surface area contributed by atoms with Gasteiger partial charge in [0.25, 0.3) is 0 Å². The van der Waals surface area contributed by atoms with Gasteiger partial charge < -0.3 is 20.7 Å². The number of anilines is 1. The molecule has 2 rings (SSSR count). The highest BCUT2D eigenvalue weighted by Gasteiger charge is 2.35. The molecule has 1 aliphatic rings. The van der Waals surface area contributed by atoms with Crippen LogP contribution in [0.2, 0.25) is 0 Å². The van der Waals surface area contributed by atoms with Gasteiger partial charge in [-0.25, -0.2) is 9.78 Å². The van der Waals surface area contributed by atoms with Gasteiger partial charge in [-0.05, 0) is 0 Å². The molecule has 16 heavy (non-hydrogen) atoms. The molecule has 2 heterocycles. The number of aliphatic hydroxyl groups excluding tert-OH is 2. The van der Waals surface area contributed by atoms with E-state index in [1.54, 1.807) is 0 Å². The first-order valence-corrected chi connectivity index (χ1v) is 4.77. The maximum atomic E-state index is 11.4. The van der Waals surface area contributed by atoms with Crippen molar-refractivity contribution in [2.24, 2.45) is 0 Å². The second-order valence-corrected chi connectivity index (χ2v) is 3.52. The lowest BCUT2D eigenvalue weighted by Crippen LogP contribution is -2.28. The van der Waals surface area contributed by atoms with Crippen LogP contribution in [0.1, 0.15) is 12.6 Å². The Hall–Kier alpha value is -1.51. The standard InChI is InChI=1S/C8H12N4O4/c9-7-10-3-12(8(15)11-7)6-1-4(14)5(2-13)16-6/h3-6,13-14H,1-2H2,(H2,9,11,15)/t4-,5+,6-/m0/s1. The first-order valence-electron chi connectivity index (χ1n) is 4.77. The summed E-state index contributed by atoms with van der Waals surface area (Å²) in [4.78, 5) is 18.5. The van der Waals surface area contributed by atoms with E-state index in [9.17, 15) is 9.90 Å². The van der Waals surface area contributed by atoms with E-state index < -0.39 is 24.1 Å². The quantitative estimate of drug-likeness (QED) is 0.527. The van der Waals surface area contributed by atoms with Crippen LogP contribution in [0.15, 0.2) is 11.1 Å². The Morgan fingerprint density at radius 2 is 2.44 bits per heavy atom. The number of hydrogen-bond donors (Lipinski definition) is 3. The largest absolute Gasteiger partial charge is 0.394 e. The Morgan fingerprint density at radius 3 is 3.00 bits per heavy atom. The molecule has 0 bridgehead atoms. The zero-order chi connectivity index (χ0) is 11.7. The van der Waals surface area contributed by atoms with E-state index in [0.29, 0.717) is 0 Å². The summed E-state index contributed by atoms with van der Waals surface area (Å²) in [6.45, 7) is -0.303. The summed E-state index contributed by atoms with van der Waals surface area (Å²) in [6.07, 6.45) is -0.741. The molecule has 1 saturated heterocycles. The minimum Gasteiger partial charge on any atom is -0.394 e. The van der Waals surface area contributed by atoms with Crippen LogP contribution in [-0.4, -0.2) is 43.6 Å². The van der Waals surface area contributed by atoms with Crippen molar-refractivity contribution in [3.8, 4) is 0 Å². The van der Waals surface area contributed by atoms with E-state index in [2.05, 4.69) is 9.97 Å². The van der Waals surface area contributed by atoms with Crippen LogP contribution in [0, 0.1) is 0 Å². The fourth-order valence-corrected chi connectivity index (χ4v) is 1.60. The number of hydrogen-bond acceptors (Lipinski definition) is 7. The van der Waals surface area contributed by atoms with Crippen LogP contribution in [0.25, 0.3) is 0 Å². The van der Waals surface area contributed by atoms with Gasteiger partial charge in [0.05, 0.1) is 12.7 Å². The molecule has 0 aromatic carbocycles. The molecular formula is C8H12N4O4. The molecule has 0 saturated carbocycles. The van der Waals surface area contributed by atoms with Gasteiger partial charge in [-0.3, -0.25) is 4.57 Å². The predicted molar refractivity (Wildman–Crippen MR) is 52.3 cm³/mol. The SMILES string of the molecule is Nc1ncn([C@@H]2C[C@H](O)[C@@H](CO)O2)c(=O)n1. The van der Waals surface area contributed by atoms with Gasteiger partial charge >= 0.3 is 5.69 Å². The van der Waals surface area contributed by atoms with E-state index in [4.69, 9.17) is 15.6 Å². The third-order valence-electron chi connectivity index (χ3n) is 2.44. The van der Waals surface area contributed by atoms with Crippen molar-refractivity contribution in [2.75, 3.05) is 12.3 Å². The summed E-state index contributed by atoms with van der Waals surface area (Å²) in [6, 6.07) is 0. The van der Waals surface area contributed by atoms with Gasteiger partial charge in [-0.2, -0.15) is 4.98 Å². The highest BCUT2D eigenvalue weighted by molar-refractivity contribution is 5.09. The number of nitrogens with two attached hydrogens (primary N) is 1. The number of nitrogens with zero attached hydrogens (tertiary/aromatic N) is 3. The van der Waals surface area contributed by atoms with Crippen molar-refractivity contribution in [3.05, 3.63) is 16.8 Å². The maximum absolute atomic E-state index is 11.4. The molecule has 1 aromatic heterocycles. The van der Waals surface area contributed by atoms with E-state index >= 15 is 0 Å². The van der Waals surface area contributed by atoms with Crippen molar-refractivity contribution in [1.82, 2.24) is 14.5 Å². The smallest absolute Gasteiger partial charge is 0.354 e. The molecule has 3 atom stereocenters. The lowest BCUT2D eigenvalue weighted by molar-refractivity contribution is -0.0462. The van der Waals surface area contributed by atoms with Gasteiger partial charge in [-0.1, -0.05) is 0 Å². The Morgan fingerprint density at radius 1 is 1.69 bits per heavy atom. The second kappa shape index (κ2) is 4.16. The fraction of sp³-hybridized carbons (Fsp3) is 0.625. The third kappa shape index (κ3) is 1.90. The zero-order valence-corrected chi connectivity index (χ0v) is 8.35. The second-order valence-electron chi connectivity index (χ2n) is 3.52. The normalized spacial score (nSPS) is 29.5. The topological polar surface area (TPSA) is 123 Å². The Balaban J connectivity index is 2.23. The minimum atomic E-state index is -0.806. The van der Waals surface area contributed by atoms with Crippen LogP contribution >= 0.6 is 0 Å². The van der Waals surface area contributed by atoms with Crippen LogP contribution in [0.5, 0.6) is 0 Å². The molecule has 1 aliphatic heterocycles. The van der Waals surface area contributed by atoms with Crippen LogP contribution < -0.4 is 11.4 Å². The number of ether oxygens (including phenoxy) is 1. The summed E-state index contributed by atoms with van der Waals surface area (Å²) < 4.78 is 6.41.